The Kier molecular flexibility index (Phi) is 7.51. The molecule has 2 aromatic rings. The van der Waals surface area contributed by atoms with Crippen molar-refractivity contribution in [3.63, 3.8) is 0 Å². The van der Waals surface area contributed by atoms with Gasteiger partial charge in [0, 0.05) is 17.7 Å². The van der Waals surface area contributed by atoms with Gasteiger partial charge in [-0.05, 0) is 79.8 Å². The molecule has 0 aromatic heterocycles. The average Bonchev–Trinajstić information content (AvgIpc) is 2.70. The molecule has 1 aliphatic carbocycles. The fraction of sp³-hybridized carbons (Fsp3) is 0.538. The molecule has 1 fully saturated rings. The number of nitrogens with one attached hydrogen (secondary N) is 1. The van der Waals surface area contributed by atoms with E-state index in [1.807, 2.05) is 31.2 Å². The summed E-state index contributed by atoms with van der Waals surface area (Å²) in [5.41, 5.74) is 1.55. The van der Waals surface area contributed by atoms with E-state index in [2.05, 4.69) is 26.1 Å². The molecule has 1 N–H and O–H groups in total. The maximum atomic E-state index is 15.1. The second kappa shape index (κ2) is 9.91. The number of hydrogen-bond acceptors (Lipinski definition) is 2. The van der Waals surface area contributed by atoms with E-state index in [4.69, 9.17) is 4.74 Å². The van der Waals surface area contributed by atoms with Gasteiger partial charge >= 0.3 is 0 Å². The fourth-order valence-corrected chi connectivity index (χ4v) is 4.35. The standard InChI is InChI=1S/C26H35F2NO/c1-5-15-29-17-23-24(27)14-13-22(25(23)28)18-7-6-8-21(16-18)30-20-11-9-19(10-12-20)26(2,3)4/h6-8,13-14,16,19-20,29H,5,9-12,15,17H2,1-4H3. The van der Waals surface area contributed by atoms with Gasteiger partial charge in [0.2, 0.25) is 0 Å². The highest BCUT2D eigenvalue weighted by atomic mass is 19.1. The molecule has 0 aliphatic heterocycles. The van der Waals surface area contributed by atoms with E-state index in [0.29, 0.717) is 16.5 Å². The Hall–Kier alpha value is -1.94. The third kappa shape index (κ3) is 5.60. The first-order valence-corrected chi connectivity index (χ1v) is 11.2. The second-order valence-electron chi connectivity index (χ2n) is 9.55. The Bertz CT molecular complexity index is 835. The monoisotopic (exact) mass is 415 g/mol. The maximum Gasteiger partial charge on any atom is 0.138 e. The molecule has 2 nitrogen and oxygen atoms in total. The minimum Gasteiger partial charge on any atom is -0.490 e. The van der Waals surface area contributed by atoms with Crippen LogP contribution in [-0.2, 0) is 6.54 Å². The summed E-state index contributed by atoms with van der Waals surface area (Å²) in [6.07, 6.45) is 5.56. The average molecular weight is 416 g/mol. The SMILES string of the molecule is CCCNCc1c(F)ccc(-c2cccc(OC3CCC(C(C)(C)C)CC3)c2)c1F. The Morgan fingerprint density at radius 2 is 1.77 bits per heavy atom. The van der Waals surface area contributed by atoms with Crippen LogP contribution in [-0.4, -0.2) is 12.6 Å². The summed E-state index contributed by atoms with van der Waals surface area (Å²) in [6.45, 7) is 9.87. The molecule has 3 rings (SSSR count). The zero-order valence-electron chi connectivity index (χ0n) is 18.7. The number of rotatable bonds is 7. The van der Waals surface area contributed by atoms with Gasteiger partial charge in [-0.3, -0.25) is 0 Å². The van der Waals surface area contributed by atoms with Gasteiger partial charge in [0.05, 0.1) is 6.10 Å². The quantitative estimate of drug-likeness (QED) is 0.486. The lowest BCUT2D eigenvalue weighted by Crippen LogP contribution is -2.30. The zero-order chi connectivity index (χ0) is 21.7. The molecule has 1 aliphatic rings. The minimum absolute atomic E-state index is 0.0905. The molecule has 0 saturated heterocycles. The molecular weight excluding hydrogens is 380 g/mol. The predicted octanol–water partition coefficient (Wildman–Crippen LogP) is 7.12. The van der Waals surface area contributed by atoms with E-state index < -0.39 is 11.6 Å². The van der Waals surface area contributed by atoms with Gasteiger partial charge in [0.1, 0.15) is 17.4 Å². The fourth-order valence-electron chi connectivity index (χ4n) is 4.35. The lowest BCUT2D eigenvalue weighted by atomic mass is 9.72. The van der Waals surface area contributed by atoms with Crippen LogP contribution in [0.1, 0.15) is 65.4 Å². The van der Waals surface area contributed by atoms with Gasteiger partial charge in [-0.15, -0.1) is 0 Å². The van der Waals surface area contributed by atoms with Crippen molar-refractivity contribution in [3.05, 3.63) is 53.6 Å². The maximum absolute atomic E-state index is 15.1. The van der Waals surface area contributed by atoms with Gasteiger partial charge in [0.15, 0.2) is 0 Å². The predicted molar refractivity (Wildman–Crippen MR) is 120 cm³/mol. The van der Waals surface area contributed by atoms with Crippen LogP contribution in [0, 0.1) is 23.0 Å². The van der Waals surface area contributed by atoms with Gasteiger partial charge in [-0.1, -0.05) is 39.8 Å². The molecule has 0 amide bonds. The van der Waals surface area contributed by atoms with E-state index >= 15 is 4.39 Å². The van der Waals surface area contributed by atoms with Gasteiger partial charge in [-0.25, -0.2) is 8.78 Å². The summed E-state index contributed by atoms with van der Waals surface area (Å²) in [5.74, 6) is 0.474. The van der Waals surface area contributed by atoms with Crippen LogP contribution in [0.2, 0.25) is 0 Å². The number of halogens is 2. The Morgan fingerprint density at radius 1 is 1.03 bits per heavy atom. The molecule has 4 heteroatoms. The lowest BCUT2D eigenvalue weighted by Gasteiger charge is -2.37. The summed E-state index contributed by atoms with van der Waals surface area (Å²) in [4.78, 5) is 0. The molecule has 0 spiro atoms. The summed E-state index contributed by atoms with van der Waals surface area (Å²) in [6, 6.07) is 10.4. The van der Waals surface area contributed by atoms with Crippen molar-refractivity contribution in [1.82, 2.24) is 5.32 Å². The molecule has 0 heterocycles. The number of benzene rings is 2. The Labute approximate surface area is 180 Å². The van der Waals surface area contributed by atoms with Crippen molar-refractivity contribution in [2.24, 2.45) is 11.3 Å². The van der Waals surface area contributed by atoms with E-state index in [0.717, 1.165) is 37.5 Å². The summed E-state index contributed by atoms with van der Waals surface area (Å²) in [5, 5.41) is 3.09. The van der Waals surface area contributed by atoms with E-state index in [9.17, 15) is 4.39 Å². The molecule has 0 radical (unpaired) electrons. The number of hydrogen-bond donors (Lipinski definition) is 1. The third-order valence-electron chi connectivity index (χ3n) is 6.26. The summed E-state index contributed by atoms with van der Waals surface area (Å²) >= 11 is 0. The molecule has 30 heavy (non-hydrogen) atoms. The first-order chi connectivity index (χ1) is 14.3. The highest BCUT2D eigenvalue weighted by molar-refractivity contribution is 5.66. The van der Waals surface area contributed by atoms with Crippen LogP contribution >= 0.6 is 0 Å². The van der Waals surface area contributed by atoms with Gasteiger partial charge < -0.3 is 10.1 Å². The van der Waals surface area contributed by atoms with Gasteiger partial charge in [0.25, 0.3) is 0 Å². The van der Waals surface area contributed by atoms with Crippen LogP contribution in [0.25, 0.3) is 11.1 Å². The smallest absolute Gasteiger partial charge is 0.138 e. The largest absolute Gasteiger partial charge is 0.490 e. The van der Waals surface area contributed by atoms with Crippen molar-refractivity contribution in [3.8, 4) is 16.9 Å². The third-order valence-corrected chi connectivity index (χ3v) is 6.26. The lowest BCUT2D eigenvalue weighted by molar-refractivity contribution is 0.0882. The molecule has 0 bridgehead atoms. The van der Waals surface area contributed by atoms with Crippen LogP contribution in [0.3, 0.4) is 0 Å². The summed E-state index contributed by atoms with van der Waals surface area (Å²) in [7, 11) is 0. The summed E-state index contributed by atoms with van der Waals surface area (Å²) < 4.78 is 35.5. The zero-order valence-corrected chi connectivity index (χ0v) is 18.7. The molecule has 1 saturated carbocycles. The molecule has 0 unspecified atom stereocenters. The van der Waals surface area contributed by atoms with Crippen molar-refractivity contribution < 1.29 is 13.5 Å². The minimum atomic E-state index is -0.511. The highest BCUT2D eigenvalue weighted by Gasteiger charge is 2.30. The van der Waals surface area contributed by atoms with E-state index in [1.165, 1.54) is 25.0 Å². The Balaban J connectivity index is 1.72. The molecular formula is C26H35F2NO. The first kappa shape index (κ1) is 22.7. The highest BCUT2D eigenvalue weighted by Crippen LogP contribution is 2.39. The van der Waals surface area contributed by atoms with Crippen LogP contribution < -0.4 is 10.1 Å². The van der Waals surface area contributed by atoms with E-state index in [-0.39, 0.29) is 18.2 Å². The molecule has 0 atom stereocenters. The van der Waals surface area contributed by atoms with Crippen molar-refractivity contribution in [2.75, 3.05) is 6.54 Å². The topological polar surface area (TPSA) is 21.3 Å². The van der Waals surface area contributed by atoms with Crippen LogP contribution in [0.15, 0.2) is 36.4 Å². The van der Waals surface area contributed by atoms with E-state index in [1.54, 1.807) is 0 Å². The van der Waals surface area contributed by atoms with Crippen molar-refractivity contribution >= 4 is 0 Å². The van der Waals surface area contributed by atoms with Crippen molar-refractivity contribution in [1.29, 1.82) is 0 Å². The molecule has 2 aromatic carbocycles. The van der Waals surface area contributed by atoms with Gasteiger partial charge in [-0.2, -0.15) is 0 Å². The van der Waals surface area contributed by atoms with Crippen molar-refractivity contribution in [2.45, 2.75) is 72.4 Å². The normalized spacial score (nSPS) is 19.7. The first-order valence-electron chi connectivity index (χ1n) is 11.2. The van der Waals surface area contributed by atoms with Crippen LogP contribution in [0.4, 0.5) is 8.78 Å². The number of ether oxygens (including phenoxy) is 1. The molecule has 164 valence electrons. The second-order valence-corrected chi connectivity index (χ2v) is 9.55. The Morgan fingerprint density at radius 3 is 2.43 bits per heavy atom. The van der Waals surface area contributed by atoms with Crippen LogP contribution in [0.5, 0.6) is 5.75 Å².